The first-order valence-corrected chi connectivity index (χ1v) is 11.8. The van der Waals surface area contributed by atoms with Crippen LogP contribution in [0.5, 0.6) is 0 Å². The number of carbonyl (C=O) groups is 2. The lowest BCUT2D eigenvalue weighted by atomic mass is 10.0. The normalized spacial score (nSPS) is 17.5. The van der Waals surface area contributed by atoms with Crippen LogP contribution in [0.1, 0.15) is 67.8 Å². The molecular weight excluding hydrogens is 390 g/mol. The second kappa shape index (κ2) is 12.3. The molecule has 1 saturated heterocycles. The van der Waals surface area contributed by atoms with E-state index in [1.807, 2.05) is 24.3 Å². The van der Waals surface area contributed by atoms with Crippen molar-refractivity contribution in [2.24, 2.45) is 10.9 Å². The van der Waals surface area contributed by atoms with Gasteiger partial charge in [0.25, 0.3) is 5.91 Å². The Labute approximate surface area is 186 Å². The van der Waals surface area contributed by atoms with Crippen molar-refractivity contribution >= 4 is 17.8 Å². The number of hydrogen-bond acceptors (Lipinski definition) is 3. The van der Waals surface area contributed by atoms with E-state index in [-0.39, 0.29) is 18.4 Å². The number of aliphatic imine (C=N–C) groups is 1. The SMILES string of the molecule is CCNC(=NCc1ccc(C(=O)N2CCNC(=O)C2)cc1)NCCCCC1CCCC1. The molecule has 2 aliphatic rings. The zero-order valence-corrected chi connectivity index (χ0v) is 18.8. The van der Waals surface area contributed by atoms with E-state index in [1.54, 1.807) is 4.90 Å². The molecule has 3 rings (SSSR count). The van der Waals surface area contributed by atoms with Crippen molar-refractivity contribution in [2.45, 2.75) is 58.4 Å². The van der Waals surface area contributed by atoms with Crippen molar-refractivity contribution in [3.8, 4) is 0 Å². The van der Waals surface area contributed by atoms with Gasteiger partial charge in [-0.15, -0.1) is 0 Å². The molecule has 31 heavy (non-hydrogen) atoms. The Morgan fingerprint density at radius 2 is 1.94 bits per heavy atom. The molecule has 1 aliphatic heterocycles. The summed E-state index contributed by atoms with van der Waals surface area (Å²) in [6.45, 7) is 5.58. The van der Waals surface area contributed by atoms with Crippen LogP contribution in [0.25, 0.3) is 0 Å². The van der Waals surface area contributed by atoms with E-state index in [1.165, 1.54) is 44.9 Å². The molecule has 0 unspecified atom stereocenters. The molecule has 1 heterocycles. The maximum atomic E-state index is 12.6. The quantitative estimate of drug-likeness (QED) is 0.321. The number of unbranched alkanes of at least 4 members (excludes halogenated alkanes) is 1. The second-order valence-electron chi connectivity index (χ2n) is 8.54. The minimum atomic E-state index is -0.104. The van der Waals surface area contributed by atoms with Crippen molar-refractivity contribution in [3.05, 3.63) is 35.4 Å². The van der Waals surface area contributed by atoms with Crippen molar-refractivity contribution in [1.82, 2.24) is 20.9 Å². The van der Waals surface area contributed by atoms with Crippen molar-refractivity contribution in [3.63, 3.8) is 0 Å². The predicted octanol–water partition coefficient (Wildman–Crippen LogP) is 2.67. The lowest BCUT2D eigenvalue weighted by Crippen LogP contribution is -2.49. The fourth-order valence-corrected chi connectivity index (χ4v) is 4.32. The molecule has 1 aliphatic carbocycles. The third kappa shape index (κ3) is 7.56. The van der Waals surface area contributed by atoms with Crippen LogP contribution in [0.2, 0.25) is 0 Å². The summed E-state index contributed by atoms with van der Waals surface area (Å²) in [6, 6.07) is 7.52. The van der Waals surface area contributed by atoms with Gasteiger partial charge in [0.15, 0.2) is 5.96 Å². The minimum absolute atomic E-state index is 0.0995. The Kier molecular flexibility index (Phi) is 9.18. The Balaban J connectivity index is 1.43. The van der Waals surface area contributed by atoms with Gasteiger partial charge in [-0.1, -0.05) is 50.7 Å². The summed E-state index contributed by atoms with van der Waals surface area (Å²) < 4.78 is 0. The van der Waals surface area contributed by atoms with Crippen LogP contribution in [0.15, 0.2) is 29.3 Å². The zero-order chi connectivity index (χ0) is 21.9. The van der Waals surface area contributed by atoms with Crippen LogP contribution < -0.4 is 16.0 Å². The maximum absolute atomic E-state index is 12.6. The summed E-state index contributed by atoms with van der Waals surface area (Å²) in [4.78, 5) is 30.3. The summed E-state index contributed by atoms with van der Waals surface area (Å²) in [5, 5.41) is 9.47. The first kappa shape index (κ1) is 23.1. The topological polar surface area (TPSA) is 85.8 Å². The van der Waals surface area contributed by atoms with Crippen LogP contribution in [-0.2, 0) is 11.3 Å². The van der Waals surface area contributed by atoms with Gasteiger partial charge in [-0.2, -0.15) is 0 Å². The van der Waals surface area contributed by atoms with Gasteiger partial charge < -0.3 is 20.9 Å². The highest BCUT2D eigenvalue weighted by Gasteiger charge is 2.22. The highest BCUT2D eigenvalue weighted by molar-refractivity contribution is 5.97. The zero-order valence-electron chi connectivity index (χ0n) is 18.8. The van der Waals surface area contributed by atoms with Crippen molar-refractivity contribution in [1.29, 1.82) is 0 Å². The summed E-state index contributed by atoms with van der Waals surface area (Å²) >= 11 is 0. The summed E-state index contributed by atoms with van der Waals surface area (Å²) in [6.07, 6.45) is 9.51. The molecule has 7 heteroatoms. The molecule has 1 saturated carbocycles. The van der Waals surface area contributed by atoms with Gasteiger partial charge in [-0.05, 0) is 37.0 Å². The molecule has 1 aromatic carbocycles. The molecular formula is C24H37N5O2. The number of hydrogen-bond donors (Lipinski definition) is 3. The van der Waals surface area contributed by atoms with Gasteiger partial charge >= 0.3 is 0 Å². The van der Waals surface area contributed by atoms with Gasteiger partial charge in [0.05, 0.1) is 13.1 Å². The monoisotopic (exact) mass is 427 g/mol. The van der Waals surface area contributed by atoms with E-state index in [0.717, 1.165) is 30.5 Å². The number of piperazine rings is 1. The number of rotatable bonds is 9. The van der Waals surface area contributed by atoms with Crippen molar-refractivity contribution < 1.29 is 9.59 Å². The van der Waals surface area contributed by atoms with Gasteiger partial charge in [-0.3, -0.25) is 9.59 Å². The molecule has 0 spiro atoms. The standard InChI is InChI=1S/C24H37N5O2/c1-2-25-24(27-14-6-5-9-19-7-3-4-8-19)28-17-20-10-12-21(13-11-20)23(31)29-16-15-26-22(30)18-29/h10-13,19H,2-9,14-18H2,1H3,(H,26,30)(H2,25,27,28). The number of carbonyl (C=O) groups excluding carboxylic acids is 2. The third-order valence-corrected chi connectivity index (χ3v) is 6.10. The smallest absolute Gasteiger partial charge is 0.254 e. The molecule has 3 N–H and O–H groups in total. The Hall–Kier alpha value is -2.57. The Morgan fingerprint density at radius 1 is 1.16 bits per heavy atom. The number of guanidine groups is 1. The van der Waals surface area contributed by atoms with E-state index in [2.05, 4.69) is 27.9 Å². The lowest BCUT2D eigenvalue weighted by molar-refractivity contribution is -0.123. The maximum Gasteiger partial charge on any atom is 0.254 e. The van der Waals surface area contributed by atoms with E-state index in [9.17, 15) is 9.59 Å². The van der Waals surface area contributed by atoms with Crippen LogP contribution >= 0.6 is 0 Å². The van der Waals surface area contributed by atoms with Gasteiger partial charge in [0.1, 0.15) is 0 Å². The fraction of sp³-hybridized carbons (Fsp3) is 0.625. The first-order chi connectivity index (χ1) is 15.2. The summed E-state index contributed by atoms with van der Waals surface area (Å²) in [7, 11) is 0. The molecule has 0 aromatic heterocycles. The molecule has 0 atom stereocenters. The minimum Gasteiger partial charge on any atom is -0.357 e. The van der Waals surface area contributed by atoms with Crippen LogP contribution in [0.3, 0.4) is 0 Å². The second-order valence-corrected chi connectivity index (χ2v) is 8.54. The predicted molar refractivity (Wildman–Crippen MR) is 124 cm³/mol. The lowest BCUT2D eigenvalue weighted by Gasteiger charge is -2.26. The number of nitrogens with one attached hydrogen (secondary N) is 3. The number of nitrogens with zero attached hydrogens (tertiary/aromatic N) is 2. The fourth-order valence-electron chi connectivity index (χ4n) is 4.32. The molecule has 7 nitrogen and oxygen atoms in total. The van der Waals surface area contributed by atoms with E-state index < -0.39 is 0 Å². The molecule has 170 valence electrons. The highest BCUT2D eigenvalue weighted by atomic mass is 16.2. The van der Waals surface area contributed by atoms with Gasteiger partial charge in [-0.25, -0.2) is 4.99 Å². The molecule has 1 aromatic rings. The summed E-state index contributed by atoms with van der Waals surface area (Å²) in [5.41, 5.74) is 1.65. The van der Waals surface area contributed by atoms with Crippen LogP contribution in [0, 0.1) is 5.92 Å². The van der Waals surface area contributed by atoms with E-state index >= 15 is 0 Å². The van der Waals surface area contributed by atoms with E-state index in [0.29, 0.717) is 25.2 Å². The van der Waals surface area contributed by atoms with Gasteiger partial charge in [0, 0.05) is 31.7 Å². The molecule has 2 fully saturated rings. The average Bonchev–Trinajstić information content (AvgIpc) is 3.30. The van der Waals surface area contributed by atoms with Gasteiger partial charge in [0.2, 0.25) is 5.91 Å². The van der Waals surface area contributed by atoms with Crippen LogP contribution in [-0.4, -0.2) is 55.4 Å². The number of amides is 2. The molecule has 2 amide bonds. The number of benzene rings is 1. The largest absolute Gasteiger partial charge is 0.357 e. The van der Waals surface area contributed by atoms with Crippen LogP contribution in [0.4, 0.5) is 0 Å². The molecule has 0 radical (unpaired) electrons. The van der Waals surface area contributed by atoms with Crippen molar-refractivity contribution in [2.75, 3.05) is 32.7 Å². The average molecular weight is 428 g/mol. The highest BCUT2D eigenvalue weighted by Crippen LogP contribution is 2.28. The first-order valence-electron chi connectivity index (χ1n) is 11.8. The van der Waals surface area contributed by atoms with E-state index in [4.69, 9.17) is 0 Å². The Bertz CT molecular complexity index is 741. The third-order valence-electron chi connectivity index (χ3n) is 6.10. The Morgan fingerprint density at radius 3 is 2.65 bits per heavy atom. The summed E-state index contributed by atoms with van der Waals surface area (Å²) in [5.74, 6) is 1.59. The molecule has 0 bridgehead atoms.